The normalized spacial score (nSPS) is 10.7. The van der Waals surface area contributed by atoms with Crippen molar-refractivity contribution in [1.29, 1.82) is 0 Å². The van der Waals surface area contributed by atoms with E-state index in [2.05, 4.69) is 13.0 Å². The fraction of sp³-hybridized carbons (Fsp3) is 0.462. The Morgan fingerprint density at radius 2 is 2.07 bits per heavy atom. The molecule has 0 amide bonds. The molecule has 1 N–H and O–H groups in total. The average molecular weight is 207 g/mol. The first kappa shape index (κ1) is 12.1. The number of hydrogen-bond donors (Lipinski definition) is 1. The Bertz CT molecular complexity index is 307. The number of benzene rings is 1. The van der Waals surface area contributed by atoms with Gasteiger partial charge in [-0.1, -0.05) is 32.0 Å². The van der Waals surface area contributed by atoms with Crippen LogP contribution in [0.3, 0.4) is 0 Å². The van der Waals surface area contributed by atoms with Crippen LogP contribution in [0.2, 0.25) is 0 Å². The van der Waals surface area contributed by atoms with Crippen LogP contribution in [0.1, 0.15) is 31.9 Å². The Morgan fingerprint density at radius 3 is 2.60 bits per heavy atom. The predicted octanol–water partition coefficient (Wildman–Crippen LogP) is 2.58. The first-order valence-electron chi connectivity index (χ1n) is 5.42. The molecular weight excluding hydrogens is 188 g/mol. The van der Waals surface area contributed by atoms with Crippen molar-refractivity contribution in [3.05, 3.63) is 35.2 Å². The SMILES string of the molecule is CCOc1c(CC)cccc1[C](C)CO. The summed E-state index contributed by atoms with van der Waals surface area (Å²) >= 11 is 0. The van der Waals surface area contributed by atoms with E-state index in [9.17, 15) is 0 Å². The molecule has 0 atom stereocenters. The Hall–Kier alpha value is -1.02. The highest BCUT2D eigenvalue weighted by Crippen LogP contribution is 2.30. The second kappa shape index (κ2) is 5.76. The summed E-state index contributed by atoms with van der Waals surface area (Å²) in [6.45, 7) is 6.74. The molecule has 2 nitrogen and oxygen atoms in total. The molecule has 0 spiro atoms. The van der Waals surface area contributed by atoms with Crippen molar-refractivity contribution < 1.29 is 9.84 Å². The van der Waals surface area contributed by atoms with E-state index in [1.54, 1.807) is 0 Å². The lowest BCUT2D eigenvalue weighted by atomic mass is 9.97. The molecule has 0 saturated carbocycles. The van der Waals surface area contributed by atoms with Gasteiger partial charge in [-0.25, -0.2) is 0 Å². The summed E-state index contributed by atoms with van der Waals surface area (Å²) in [5.74, 6) is 1.88. The fourth-order valence-corrected chi connectivity index (χ4v) is 1.60. The van der Waals surface area contributed by atoms with Crippen LogP contribution in [0, 0.1) is 5.92 Å². The fourth-order valence-electron chi connectivity index (χ4n) is 1.60. The zero-order chi connectivity index (χ0) is 11.3. The summed E-state index contributed by atoms with van der Waals surface area (Å²) in [7, 11) is 0. The van der Waals surface area contributed by atoms with Crippen molar-refractivity contribution in [3.63, 3.8) is 0 Å². The minimum absolute atomic E-state index is 0.0766. The molecule has 0 fully saturated rings. The first-order chi connectivity index (χ1) is 7.24. The van der Waals surface area contributed by atoms with Gasteiger partial charge in [0.05, 0.1) is 13.2 Å². The number of ether oxygens (including phenoxy) is 1. The third-order valence-electron chi connectivity index (χ3n) is 2.46. The van der Waals surface area contributed by atoms with E-state index in [-0.39, 0.29) is 6.61 Å². The van der Waals surface area contributed by atoms with E-state index in [4.69, 9.17) is 9.84 Å². The molecular formula is C13H19O2. The summed E-state index contributed by atoms with van der Waals surface area (Å²) in [4.78, 5) is 0. The van der Waals surface area contributed by atoms with E-state index in [0.717, 1.165) is 23.7 Å². The van der Waals surface area contributed by atoms with Crippen LogP contribution in [-0.2, 0) is 6.42 Å². The summed E-state index contributed by atoms with van der Waals surface area (Å²) in [6, 6.07) is 6.07. The van der Waals surface area contributed by atoms with Crippen molar-refractivity contribution in [2.75, 3.05) is 13.2 Å². The van der Waals surface area contributed by atoms with Crippen molar-refractivity contribution in [3.8, 4) is 5.75 Å². The Morgan fingerprint density at radius 1 is 1.33 bits per heavy atom. The number of aliphatic hydroxyl groups is 1. The molecule has 83 valence electrons. The van der Waals surface area contributed by atoms with Gasteiger partial charge < -0.3 is 9.84 Å². The van der Waals surface area contributed by atoms with Gasteiger partial charge >= 0.3 is 0 Å². The molecule has 1 aromatic carbocycles. The minimum atomic E-state index is 0.0766. The van der Waals surface area contributed by atoms with Crippen LogP contribution in [0.5, 0.6) is 5.75 Å². The maximum absolute atomic E-state index is 9.15. The Labute approximate surface area is 91.9 Å². The third-order valence-corrected chi connectivity index (χ3v) is 2.46. The molecule has 1 aromatic rings. The minimum Gasteiger partial charge on any atom is -0.493 e. The number of rotatable bonds is 5. The van der Waals surface area contributed by atoms with Gasteiger partial charge in [-0.3, -0.25) is 0 Å². The smallest absolute Gasteiger partial charge is 0.126 e. The van der Waals surface area contributed by atoms with Gasteiger partial charge in [-0.2, -0.15) is 0 Å². The summed E-state index contributed by atoms with van der Waals surface area (Å²) < 4.78 is 5.65. The summed E-state index contributed by atoms with van der Waals surface area (Å²) in [5.41, 5.74) is 2.22. The van der Waals surface area contributed by atoms with Crippen LogP contribution in [0.15, 0.2) is 18.2 Å². The molecule has 1 radical (unpaired) electrons. The second-order valence-corrected chi connectivity index (χ2v) is 3.52. The van der Waals surface area contributed by atoms with Crippen molar-refractivity contribution in [2.24, 2.45) is 0 Å². The molecule has 0 aliphatic carbocycles. The largest absolute Gasteiger partial charge is 0.493 e. The van der Waals surface area contributed by atoms with Crippen molar-refractivity contribution >= 4 is 0 Å². The van der Waals surface area contributed by atoms with Crippen molar-refractivity contribution in [2.45, 2.75) is 27.2 Å². The van der Waals surface area contributed by atoms with Crippen LogP contribution >= 0.6 is 0 Å². The molecule has 0 aromatic heterocycles. The molecule has 0 unspecified atom stereocenters. The standard InChI is InChI=1S/C13H19O2/c1-4-11-7-6-8-12(10(3)9-14)13(11)15-5-2/h6-8,14H,4-5,9H2,1-3H3. The highest BCUT2D eigenvalue weighted by molar-refractivity contribution is 5.48. The first-order valence-corrected chi connectivity index (χ1v) is 5.42. The molecule has 15 heavy (non-hydrogen) atoms. The van der Waals surface area contributed by atoms with Gasteiger partial charge in [0.2, 0.25) is 0 Å². The molecule has 0 heterocycles. The van der Waals surface area contributed by atoms with E-state index >= 15 is 0 Å². The number of hydrogen-bond acceptors (Lipinski definition) is 2. The number of para-hydroxylation sites is 1. The van der Waals surface area contributed by atoms with Gasteiger partial charge in [0.1, 0.15) is 5.75 Å². The molecule has 2 heteroatoms. The maximum atomic E-state index is 9.15. The number of aliphatic hydroxyl groups excluding tert-OH is 1. The Balaban J connectivity index is 3.12. The molecule has 0 aliphatic rings. The van der Waals surface area contributed by atoms with Gasteiger partial charge in [0, 0.05) is 11.5 Å². The topological polar surface area (TPSA) is 29.5 Å². The van der Waals surface area contributed by atoms with E-state index in [1.165, 1.54) is 5.56 Å². The highest BCUT2D eigenvalue weighted by atomic mass is 16.5. The van der Waals surface area contributed by atoms with Crippen LogP contribution in [0.25, 0.3) is 0 Å². The van der Waals surface area contributed by atoms with Gasteiger partial charge in [0.25, 0.3) is 0 Å². The molecule has 1 rings (SSSR count). The summed E-state index contributed by atoms with van der Waals surface area (Å²) in [5, 5.41) is 9.15. The Kier molecular flexibility index (Phi) is 4.63. The monoisotopic (exact) mass is 207 g/mol. The summed E-state index contributed by atoms with van der Waals surface area (Å²) in [6.07, 6.45) is 0.946. The van der Waals surface area contributed by atoms with E-state index in [0.29, 0.717) is 6.61 Å². The lowest BCUT2D eigenvalue weighted by Crippen LogP contribution is -2.06. The predicted molar refractivity (Wildman–Crippen MR) is 62.1 cm³/mol. The zero-order valence-electron chi connectivity index (χ0n) is 9.71. The zero-order valence-corrected chi connectivity index (χ0v) is 9.71. The number of aryl methyl sites for hydroxylation is 1. The van der Waals surface area contributed by atoms with Crippen LogP contribution in [-0.4, -0.2) is 18.3 Å². The van der Waals surface area contributed by atoms with E-state index < -0.39 is 0 Å². The molecule has 0 saturated heterocycles. The lowest BCUT2D eigenvalue weighted by molar-refractivity contribution is 0.306. The van der Waals surface area contributed by atoms with Gasteiger partial charge in [-0.15, -0.1) is 0 Å². The quantitative estimate of drug-likeness (QED) is 0.804. The third kappa shape index (κ3) is 2.72. The highest BCUT2D eigenvalue weighted by Gasteiger charge is 2.13. The lowest BCUT2D eigenvalue weighted by Gasteiger charge is -2.17. The van der Waals surface area contributed by atoms with Gasteiger partial charge in [0.15, 0.2) is 0 Å². The van der Waals surface area contributed by atoms with Crippen molar-refractivity contribution in [1.82, 2.24) is 0 Å². The van der Waals surface area contributed by atoms with E-state index in [1.807, 2.05) is 26.0 Å². The molecule has 0 bridgehead atoms. The average Bonchev–Trinajstić information content (AvgIpc) is 2.28. The maximum Gasteiger partial charge on any atom is 0.126 e. The molecule has 0 aliphatic heterocycles. The van der Waals surface area contributed by atoms with Gasteiger partial charge in [-0.05, 0) is 18.9 Å². The second-order valence-electron chi connectivity index (χ2n) is 3.52. The van der Waals surface area contributed by atoms with Crippen LogP contribution in [0.4, 0.5) is 0 Å². The van der Waals surface area contributed by atoms with Crippen LogP contribution < -0.4 is 4.74 Å².